The molecular weight excluding hydrogens is 580 g/mol. The summed E-state index contributed by atoms with van der Waals surface area (Å²) in [7, 11) is 0. The lowest BCUT2D eigenvalue weighted by molar-refractivity contribution is -0.154. The Hall–Kier alpha value is -4.33. The number of thioether (sulfide) groups is 1. The van der Waals surface area contributed by atoms with E-state index < -0.39 is 23.5 Å². The first-order chi connectivity index (χ1) is 21.0. The van der Waals surface area contributed by atoms with Gasteiger partial charge in [-0.15, -0.1) is 23.4 Å². The van der Waals surface area contributed by atoms with Crippen molar-refractivity contribution < 1.29 is 19.1 Å². The van der Waals surface area contributed by atoms with Crippen LogP contribution >= 0.6 is 23.4 Å². The van der Waals surface area contributed by atoms with Gasteiger partial charge in [-0.3, -0.25) is 14.5 Å². The number of amides is 2. The normalized spacial score (nSPS) is 17.7. The fourth-order valence-corrected chi connectivity index (χ4v) is 6.93. The molecule has 1 unspecified atom stereocenters. The van der Waals surface area contributed by atoms with E-state index in [9.17, 15) is 14.4 Å². The summed E-state index contributed by atoms with van der Waals surface area (Å²) >= 11 is 7.54. The first kappa shape index (κ1) is 28.8. The molecule has 0 spiro atoms. The van der Waals surface area contributed by atoms with Gasteiger partial charge in [0.1, 0.15) is 17.1 Å². The van der Waals surface area contributed by atoms with Crippen LogP contribution in [0.1, 0.15) is 33.9 Å². The highest BCUT2D eigenvalue weighted by Gasteiger charge is 2.54. The molecule has 2 atom stereocenters. The largest absolute Gasteiger partial charge is 0.448 e. The van der Waals surface area contributed by atoms with Crippen LogP contribution in [-0.2, 0) is 31.4 Å². The lowest BCUT2D eigenvalue weighted by atomic mass is 9.97. The summed E-state index contributed by atoms with van der Waals surface area (Å²) in [6.45, 7) is 0. The second-order valence-electron chi connectivity index (χ2n) is 10.4. The topological polar surface area (TPSA) is 75.7 Å². The van der Waals surface area contributed by atoms with E-state index in [0.717, 1.165) is 27.8 Å². The lowest BCUT2D eigenvalue weighted by Crippen LogP contribution is -2.70. The van der Waals surface area contributed by atoms with E-state index >= 15 is 0 Å². The highest BCUT2D eigenvalue weighted by molar-refractivity contribution is 8.00. The van der Waals surface area contributed by atoms with Crippen molar-refractivity contribution in [3.63, 3.8) is 0 Å². The third-order valence-electron chi connectivity index (χ3n) is 7.57. The first-order valence-corrected chi connectivity index (χ1v) is 15.6. The van der Waals surface area contributed by atoms with E-state index in [-0.39, 0.29) is 23.9 Å². The average Bonchev–Trinajstić information content (AvgIpc) is 3.06. The van der Waals surface area contributed by atoms with Gasteiger partial charge in [0.2, 0.25) is 5.91 Å². The SMILES string of the molecule is O=C(Cc1ccccc1)N[C@@H]1C(=O)N2C(C(=O)OC(c3ccccc3)c3ccccc3)=C(c3ccc(CCl)cc3)CSC12. The molecule has 2 heterocycles. The van der Waals surface area contributed by atoms with Crippen LogP contribution in [0, 0.1) is 0 Å². The molecule has 6 nitrogen and oxygen atoms in total. The van der Waals surface area contributed by atoms with Crippen LogP contribution < -0.4 is 5.32 Å². The van der Waals surface area contributed by atoms with Gasteiger partial charge in [0, 0.05) is 17.2 Å². The fourth-order valence-electron chi connectivity index (χ4n) is 5.38. The third kappa shape index (κ3) is 6.10. The van der Waals surface area contributed by atoms with E-state index in [2.05, 4.69) is 5.32 Å². The molecule has 2 aliphatic rings. The van der Waals surface area contributed by atoms with Crippen LogP contribution in [0.5, 0.6) is 0 Å². The highest BCUT2D eigenvalue weighted by Crippen LogP contribution is 2.44. The number of benzene rings is 4. The van der Waals surface area contributed by atoms with Crippen molar-refractivity contribution in [2.45, 2.75) is 29.8 Å². The quantitative estimate of drug-likeness (QED) is 0.141. The number of β-lactam (4-membered cyclic amide) rings is 1. The molecule has 43 heavy (non-hydrogen) atoms. The minimum absolute atomic E-state index is 0.167. The van der Waals surface area contributed by atoms with Crippen molar-refractivity contribution in [2.75, 3.05) is 5.75 Å². The summed E-state index contributed by atoms with van der Waals surface area (Å²) in [6, 6.07) is 35.4. The Labute approximate surface area is 259 Å². The molecule has 0 aromatic heterocycles. The number of rotatable bonds is 9. The van der Waals surface area contributed by atoms with Crippen LogP contribution in [0.2, 0.25) is 0 Å². The van der Waals surface area contributed by atoms with Crippen molar-refractivity contribution in [2.24, 2.45) is 0 Å². The highest BCUT2D eigenvalue weighted by atomic mass is 35.5. The second kappa shape index (κ2) is 12.9. The van der Waals surface area contributed by atoms with Gasteiger partial charge in [-0.05, 0) is 27.8 Å². The maximum atomic E-state index is 14.2. The van der Waals surface area contributed by atoms with Crippen LogP contribution in [0.3, 0.4) is 0 Å². The van der Waals surface area contributed by atoms with Crippen molar-refractivity contribution in [3.05, 3.63) is 149 Å². The van der Waals surface area contributed by atoms with Crippen molar-refractivity contribution in [3.8, 4) is 0 Å². The number of hydrogen-bond donors (Lipinski definition) is 1. The number of fused-ring (bicyclic) bond motifs is 1. The Morgan fingerprint density at radius 3 is 2.00 bits per heavy atom. The van der Waals surface area contributed by atoms with E-state index in [4.69, 9.17) is 16.3 Å². The molecule has 0 bridgehead atoms. The number of ether oxygens (including phenoxy) is 1. The number of carbonyl (C=O) groups excluding carboxylic acids is 3. The predicted molar refractivity (Wildman–Crippen MR) is 169 cm³/mol. The first-order valence-electron chi connectivity index (χ1n) is 14.0. The molecule has 2 amide bonds. The maximum absolute atomic E-state index is 14.2. The number of carbonyl (C=O) groups is 3. The molecule has 0 saturated carbocycles. The van der Waals surface area contributed by atoms with Gasteiger partial charge in [-0.2, -0.15) is 0 Å². The van der Waals surface area contributed by atoms with Crippen molar-refractivity contribution in [1.29, 1.82) is 0 Å². The molecule has 0 aliphatic carbocycles. The minimum atomic E-state index is -0.733. The molecule has 4 aromatic rings. The van der Waals surface area contributed by atoms with Crippen LogP contribution in [0.4, 0.5) is 0 Å². The molecule has 6 rings (SSSR count). The molecule has 2 aliphatic heterocycles. The van der Waals surface area contributed by atoms with Crippen LogP contribution in [0.25, 0.3) is 5.57 Å². The third-order valence-corrected chi connectivity index (χ3v) is 9.16. The zero-order chi connectivity index (χ0) is 29.8. The summed E-state index contributed by atoms with van der Waals surface area (Å²) in [6.07, 6.45) is -0.506. The van der Waals surface area contributed by atoms with E-state index in [1.807, 2.05) is 115 Å². The second-order valence-corrected chi connectivity index (χ2v) is 11.8. The van der Waals surface area contributed by atoms with Gasteiger partial charge in [0.15, 0.2) is 6.10 Å². The zero-order valence-electron chi connectivity index (χ0n) is 23.2. The molecule has 1 saturated heterocycles. The van der Waals surface area contributed by atoms with Gasteiger partial charge in [0.25, 0.3) is 5.91 Å². The monoisotopic (exact) mass is 608 g/mol. The lowest BCUT2D eigenvalue weighted by Gasteiger charge is -2.50. The number of alkyl halides is 1. The Morgan fingerprint density at radius 1 is 0.837 bits per heavy atom. The van der Waals surface area contributed by atoms with E-state index in [0.29, 0.717) is 17.2 Å². The molecule has 216 valence electrons. The summed E-state index contributed by atoms with van der Waals surface area (Å²) < 4.78 is 6.25. The molecule has 1 fully saturated rings. The summed E-state index contributed by atoms with van der Waals surface area (Å²) in [5, 5.41) is 2.47. The number of hydrogen-bond acceptors (Lipinski definition) is 5. The zero-order valence-corrected chi connectivity index (χ0v) is 24.8. The van der Waals surface area contributed by atoms with E-state index in [1.165, 1.54) is 16.7 Å². The molecule has 4 aromatic carbocycles. The summed E-state index contributed by atoms with van der Waals surface area (Å²) in [4.78, 5) is 42.2. The predicted octanol–water partition coefficient (Wildman–Crippen LogP) is 6.11. The Kier molecular flexibility index (Phi) is 8.63. The number of halogens is 1. The minimum Gasteiger partial charge on any atom is -0.448 e. The van der Waals surface area contributed by atoms with E-state index in [1.54, 1.807) is 0 Å². The molecule has 8 heteroatoms. The average molecular weight is 609 g/mol. The molecule has 1 N–H and O–H groups in total. The van der Waals surface area contributed by atoms with Crippen molar-refractivity contribution in [1.82, 2.24) is 10.2 Å². The molecule has 0 radical (unpaired) electrons. The Morgan fingerprint density at radius 2 is 1.42 bits per heavy atom. The van der Waals surface area contributed by atoms with Crippen molar-refractivity contribution >= 4 is 46.7 Å². The number of nitrogens with one attached hydrogen (secondary N) is 1. The van der Waals surface area contributed by atoms with Gasteiger partial charge < -0.3 is 10.1 Å². The maximum Gasteiger partial charge on any atom is 0.356 e. The van der Waals surface area contributed by atoms with Gasteiger partial charge in [-0.1, -0.05) is 115 Å². The number of nitrogens with zero attached hydrogens (tertiary/aromatic N) is 1. The standard InChI is InChI=1S/C35H29ClN2O4S/c36-21-24-16-18-25(19-17-24)28-22-43-34-30(37-29(39)20-23-10-4-1-5-11-23)33(40)38(34)31(28)35(41)42-32(26-12-6-2-7-13-26)27-14-8-3-9-15-27/h1-19,30,32,34H,20-22H2,(H,37,39)/t30-,34?/m1/s1. The smallest absolute Gasteiger partial charge is 0.356 e. The Bertz CT molecular complexity index is 1610. The Balaban J connectivity index is 1.32. The van der Waals surface area contributed by atoms with Gasteiger partial charge in [-0.25, -0.2) is 4.79 Å². The summed E-state index contributed by atoms with van der Waals surface area (Å²) in [5.41, 5.74) is 5.17. The van der Waals surface area contributed by atoms with Gasteiger partial charge in [0.05, 0.1) is 6.42 Å². The van der Waals surface area contributed by atoms with Gasteiger partial charge >= 0.3 is 5.97 Å². The summed E-state index contributed by atoms with van der Waals surface area (Å²) in [5.74, 6) is -0.340. The van der Waals surface area contributed by atoms with Crippen LogP contribution in [0.15, 0.2) is 121 Å². The molecular formula is C35H29ClN2O4S. The fraction of sp³-hybridized carbons (Fsp3) is 0.171. The number of esters is 1. The van der Waals surface area contributed by atoms with Crippen LogP contribution in [-0.4, -0.2) is 39.9 Å².